The fraction of sp³-hybridized carbons (Fsp3) is 0.519. The quantitative estimate of drug-likeness (QED) is 0.347. The highest BCUT2D eigenvalue weighted by Gasteiger charge is 2.18. The first-order chi connectivity index (χ1) is 15.5. The first-order valence-corrected chi connectivity index (χ1v) is 12.4. The van der Waals surface area contributed by atoms with Crippen molar-refractivity contribution in [1.29, 1.82) is 0 Å². The van der Waals surface area contributed by atoms with Gasteiger partial charge in [0.25, 0.3) is 0 Å². The minimum Gasteiger partial charge on any atom is -0.385 e. The van der Waals surface area contributed by atoms with Gasteiger partial charge in [0.2, 0.25) is 0 Å². The summed E-state index contributed by atoms with van der Waals surface area (Å²) < 4.78 is 5.30. The molecule has 1 aliphatic heterocycles. The van der Waals surface area contributed by atoms with Crippen LogP contribution >= 0.6 is 12.2 Å². The van der Waals surface area contributed by atoms with Crippen molar-refractivity contribution in [1.82, 2.24) is 4.90 Å². The van der Waals surface area contributed by atoms with E-state index in [9.17, 15) is 0 Å². The highest BCUT2D eigenvalue weighted by atomic mass is 32.1. The van der Waals surface area contributed by atoms with E-state index in [0.29, 0.717) is 0 Å². The van der Waals surface area contributed by atoms with Gasteiger partial charge < -0.3 is 19.9 Å². The lowest BCUT2D eigenvalue weighted by molar-refractivity contribution is 0.185. The minimum absolute atomic E-state index is 0.735. The maximum absolute atomic E-state index is 5.86. The maximum Gasteiger partial charge on any atom is 0.173 e. The van der Waals surface area contributed by atoms with Crippen LogP contribution in [-0.4, -0.2) is 43.4 Å². The number of fused-ring (bicyclic) bond motifs is 1. The van der Waals surface area contributed by atoms with Gasteiger partial charge in [-0.25, -0.2) is 0 Å². The normalized spacial score (nSPS) is 13.1. The van der Waals surface area contributed by atoms with E-state index < -0.39 is 0 Å². The molecule has 2 aromatic carbocycles. The molecule has 32 heavy (non-hydrogen) atoms. The van der Waals surface area contributed by atoms with Crippen LogP contribution in [0.2, 0.25) is 0 Å². The Morgan fingerprint density at radius 2 is 2.00 bits per heavy atom. The van der Waals surface area contributed by atoms with Crippen molar-refractivity contribution < 1.29 is 4.74 Å². The molecule has 1 heterocycles. The number of hydrogen-bond donors (Lipinski definition) is 1. The standard InChI is InChI=1S/C27H39N3OS/c1-5-6-14-29-15-7-9-24-19-23(12-13-26(24)29)20-30(16-8-17-31-4)27(32)28-25-18-21(2)10-11-22(25)3/h10-13,18-19H,5-9,14-17,20H2,1-4H3,(H,28,32). The molecule has 0 aliphatic carbocycles. The van der Waals surface area contributed by atoms with Gasteiger partial charge in [0.15, 0.2) is 5.11 Å². The Labute approximate surface area is 199 Å². The van der Waals surface area contributed by atoms with Crippen LogP contribution in [0.4, 0.5) is 11.4 Å². The van der Waals surface area contributed by atoms with Gasteiger partial charge in [-0.2, -0.15) is 0 Å². The monoisotopic (exact) mass is 453 g/mol. The molecule has 0 aromatic heterocycles. The van der Waals surface area contributed by atoms with Crippen LogP contribution in [0.15, 0.2) is 36.4 Å². The predicted octanol–water partition coefficient (Wildman–Crippen LogP) is 6.09. The molecule has 5 heteroatoms. The molecule has 0 unspecified atom stereocenters. The molecule has 4 nitrogen and oxygen atoms in total. The smallest absolute Gasteiger partial charge is 0.173 e. The van der Waals surface area contributed by atoms with Crippen LogP contribution in [0.3, 0.4) is 0 Å². The van der Waals surface area contributed by atoms with Crippen molar-refractivity contribution in [2.45, 2.75) is 59.4 Å². The molecule has 174 valence electrons. The van der Waals surface area contributed by atoms with Gasteiger partial charge in [0.05, 0.1) is 0 Å². The summed E-state index contributed by atoms with van der Waals surface area (Å²) in [5.74, 6) is 0. The Kier molecular flexibility index (Phi) is 9.36. The first kappa shape index (κ1) is 24.5. The number of nitrogens with zero attached hydrogens (tertiary/aromatic N) is 2. The maximum atomic E-state index is 5.86. The lowest BCUT2D eigenvalue weighted by Crippen LogP contribution is -2.36. The van der Waals surface area contributed by atoms with Crippen molar-refractivity contribution in [2.24, 2.45) is 0 Å². The third kappa shape index (κ3) is 6.69. The number of rotatable bonds is 10. The largest absolute Gasteiger partial charge is 0.385 e. The topological polar surface area (TPSA) is 27.7 Å². The zero-order valence-corrected chi connectivity index (χ0v) is 21.1. The van der Waals surface area contributed by atoms with E-state index in [-0.39, 0.29) is 0 Å². The minimum atomic E-state index is 0.735. The molecule has 0 saturated heterocycles. The molecule has 0 radical (unpaired) electrons. The van der Waals surface area contributed by atoms with E-state index in [1.807, 2.05) is 0 Å². The molecular formula is C27H39N3OS. The summed E-state index contributed by atoms with van der Waals surface area (Å²) in [6.07, 6.45) is 5.85. The second-order valence-corrected chi connectivity index (χ2v) is 9.31. The summed E-state index contributed by atoms with van der Waals surface area (Å²) in [6, 6.07) is 13.5. The van der Waals surface area contributed by atoms with Crippen molar-refractivity contribution in [3.8, 4) is 0 Å². The third-order valence-electron chi connectivity index (χ3n) is 6.21. The SMILES string of the molecule is CCCCN1CCCc2cc(CN(CCCOC)C(=S)Nc3cc(C)ccc3C)ccc21. The van der Waals surface area contributed by atoms with Crippen LogP contribution in [0.1, 0.15) is 54.9 Å². The predicted molar refractivity (Wildman–Crippen MR) is 141 cm³/mol. The summed E-state index contributed by atoms with van der Waals surface area (Å²) in [5.41, 5.74) is 7.75. The van der Waals surface area contributed by atoms with E-state index in [1.54, 1.807) is 7.11 Å². The zero-order valence-electron chi connectivity index (χ0n) is 20.2. The lowest BCUT2D eigenvalue weighted by Gasteiger charge is -2.32. The summed E-state index contributed by atoms with van der Waals surface area (Å²) in [7, 11) is 1.75. The van der Waals surface area contributed by atoms with Crippen LogP contribution < -0.4 is 10.2 Å². The summed E-state index contributed by atoms with van der Waals surface area (Å²) in [5, 5.41) is 4.27. The van der Waals surface area contributed by atoms with E-state index in [4.69, 9.17) is 17.0 Å². The highest BCUT2D eigenvalue weighted by molar-refractivity contribution is 7.80. The molecular weight excluding hydrogens is 414 g/mol. The second-order valence-electron chi connectivity index (χ2n) is 8.92. The molecule has 1 aliphatic rings. The Morgan fingerprint density at radius 1 is 1.16 bits per heavy atom. The van der Waals surface area contributed by atoms with Crippen molar-refractivity contribution in [2.75, 3.05) is 43.6 Å². The van der Waals surface area contributed by atoms with Gasteiger partial charge in [-0.1, -0.05) is 37.6 Å². The van der Waals surface area contributed by atoms with Crippen molar-refractivity contribution in [3.63, 3.8) is 0 Å². The van der Waals surface area contributed by atoms with E-state index in [1.165, 1.54) is 60.2 Å². The Balaban J connectivity index is 1.74. The van der Waals surface area contributed by atoms with Gasteiger partial charge in [-0.15, -0.1) is 0 Å². The number of methoxy groups -OCH3 is 1. The fourth-order valence-corrected chi connectivity index (χ4v) is 4.61. The number of unbranched alkanes of at least 4 members (excludes halogenated alkanes) is 1. The molecule has 0 saturated carbocycles. The molecule has 3 rings (SSSR count). The molecule has 0 atom stereocenters. The first-order valence-electron chi connectivity index (χ1n) is 12.0. The summed E-state index contributed by atoms with van der Waals surface area (Å²) in [4.78, 5) is 4.84. The average Bonchev–Trinajstić information content (AvgIpc) is 2.79. The number of anilines is 2. The Hall–Kier alpha value is -2.11. The molecule has 0 amide bonds. The van der Waals surface area contributed by atoms with Crippen LogP contribution in [0, 0.1) is 13.8 Å². The molecule has 2 aromatic rings. The molecule has 0 fully saturated rings. The molecule has 0 spiro atoms. The Bertz CT molecular complexity index is 898. The Morgan fingerprint density at radius 3 is 2.78 bits per heavy atom. The fourth-order valence-electron chi connectivity index (χ4n) is 4.35. The number of hydrogen-bond acceptors (Lipinski definition) is 3. The van der Waals surface area contributed by atoms with E-state index >= 15 is 0 Å². The van der Waals surface area contributed by atoms with Crippen LogP contribution in [0.25, 0.3) is 0 Å². The third-order valence-corrected chi connectivity index (χ3v) is 6.57. The highest BCUT2D eigenvalue weighted by Crippen LogP contribution is 2.29. The van der Waals surface area contributed by atoms with Crippen molar-refractivity contribution in [3.05, 3.63) is 58.7 Å². The average molecular weight is 454 g/mol. The lowest BCUT2D eigenvalue weighted by atomic mass is 9.98. The number of aryl methyl sites for hydroxylation is 3. The van der Waals surface area contributed by atoms with Crippen LogP contribution in [-0.2, 0) is 17.7 Å². The second kappa shape index (κ2) is 12.2. The number of ether oxygens (including phenoxy) is 1. The number of nitrogens with one attached hydrogen (secondary N) is 1. The number of benzene rings is 2. The van der Waals surface area contributed by atoms with Gasteiger partial charge in [-0.3, -0.25) is 0 Å². The zero-order chi connectivity index (χ0) is 22.9. The number of thiocarbonyl (C=S) groups is 1. The van der Waals surface area contributed by atoms with E-state index in [2.05, 4.69) is 72.3 Å². The molecule has 0 bridgehead atoms. The van der Waals surface area contributed by atoms with Crippen LogP contribution in [0.5, 0.6) is 0 Å². The summed E-state index contributed by atoms with van der Waals surface area (Å²) in [6.45, 7) is 11.2. The molecule has 1 N–H and O–H groups in total. The van der Waals surface area contributed by atoms with Gasteiger partial charge in [-0.05, 0) is 86.1 Å². The van der Waals surface area contributed by atoms with Gasteiger partial charge >= 0.3 is 0 Å². The van der Waals surface area contributed by atoms with E-state index in [0.717, 1.165) is 43.5 Å². The van der Waals surface area contributed by atoms with Gasteiger partial charge in [0.1, 0.15) is 0 Å². The summed E-state index contributed by atoms with van der Waals surface area (Å²) >= 11 is 5.86. The van der Waals surface area contributed by atoms with Gasteiger partial charge in [0, 0.05) is 51.3 Å². The van der Waals surface area contributed by atoms with Crippen molar-refractivity contribution >= 4 is 28.7 Å².